The Morgan fingerprint density at radius 3 is 1.96 bits per heavy atom. The first-order chi connectivity index (χ1) is 25.3. The molecule has 0 spiro atoms. The van der Waals surface area contributed by atoms with Gasteiger partial charge in [-0.15, -0.1) is 0 Å². The second-order valence-corrected chi connectivity index (χ2v) is 13.3. The zero-order valence-electron chi connectivity index (χ0n) is 27.4. The highest BCUT2D eigenvalue weighted by Gasteiger charge is 2.37. The molecule has 0 saturated heterocycles. The summed E-state index contributed by atoms with van der Waals surface area (Å²) in [6, 6.07) is 52.6. The Hall–Kier alpha value is -6.47. The van der Waals surface area contributed by atoms with E-state index in [9.17, 15) is 0 Å². The van der Waals surface area contributed by atoms with Gasteiger partial charge < -0.3 is 13.3 Å². The van der Waals surface area contributed by atoms with Crippen LogP contribution in [0, 0.1) is 0 Å². The largest absolute Gasteiger partial charge is 0.456 e. The lowest BCUT2D eigenvalue weighted by atomic mass is 10.00. The molecule has 4 N–H and O–H groups in total. The van der Waals surface area contributed by atoms with Gasteiger partial charge in [0.25, 0.3) is 0 Å². The van der Waals surface area contributed by atoms with Crippen molar-refractivity contribution in [2.24, 2.45) is 0 Å². The maximum absolute atomic E-state index is 6.94. The second kappa shape index (κ2) is 11.0. The Bertz CT molecular complexity index is 3000. The summed E-state index contributed by atoms with van der Waals surface area (Å²) < 4.78 is 19.5. The minimum Gasteiger partial charge on any atom is -0.456 e. The van der Waals surface area contributed by atoms with Gasteiger partial charge in [-0.1, -0.05) is 109 Å². The summed E-state index contributed by atoms with van der Waals surface area (Å²) in [6.45, 7) is 0. The van der Waals surface area contributed by atoms with Crippen molar-refractivity contribution >= 4 is 71.7 Å². The van der Waals surface area contributed by atoms with E-state index >= 15 is 0 Å². The standard InChI is InChI=1S/C45H29N3O3/c1-2-11-26(12-3-1)43-46-44(34-18-10-22-38-40(34)33-14-5-7-21-37(33)49-38)48-45(47-43)35-19-9-17-32-31-16-8-15-28(41(31)51-42(32)35)27-23-24-30-29-13-4-6-20-36(29)50-39(30)25-27/h1-25,43-44,46H,(H,47,48)/p+2. The second-order valence-electron chi connectivity index (χ2n) is 13.3. The van der Waals surface area contributed by atoms with E-state index in [4.69, 9.17) is 13.3 Å². The fraction of sp³-hybridized carbons (Fsp3) is 0.0444. The number of amidine groups is 1. The van der Waals surface area contributed by atoms with Crippen molar-refractivity contribution in [1.29, 1.82) is 0 Å². The molecule has 11 rings (SSSR count). The van der Waals surface area contributed by atoms with E-state index in [-0.39, 0.29) is 12.3 Å². The molecule has 2 unspecified atom stereocenters. The first kappa shape index (κ1) is 28.4. The zero-order valence-corrected chi connectivity index (χ0v) is 27.4. The van der Waals surface area contributed by atoms with Gasteiger partial charge >= 0.3 is 5.84 Å². The number of rotatable bonds is 4. The smallest absolute Gasteiger partial charge is 0.373 e. The number of hydrogen-bond donors (Lipinski definition) is 3. The van der Waals surface area contributed by atoms with E-state index in [1.54, 1.807) is 0 Å². The van der Waals surface area contributed by atoms with Crippen molar-refractivity contribution in [3.05, 3.63) is 168 Å². The number of nitrogens with one attached hydrogen (secondary N) is 2. The van der Waals surface area contributed by atoms with Gasteiger partial charge in [-0.25, -0.2) is 5.32 Å². The molecule has 1 aliphatic rings. The van der Waals surface area contributed by atoms with Crippen LogP contribution in [0.5, 0.6) is 0 Å². The quantitative estimate of drug-likeness (QED) is 0.177. The zero-order chi connectivity index (χ0) is 33.5. The van der Waals surface area contributed by atoms with Crippen LogP contribution in [0.3, 0.4) is 0 Å². The molecule has 3 aromatic heterocycles. The van der Waals surface area contributed by atoms with Crippen LogP contribution in [0.2, 0.25) is 0 Å². The maximum atomic E-state index is 6.94. The van der Waals surface area contributed by atoms with Gasteiger partial charge in [0.2, 0.25) is 6.17 Å². The third kappa shape index (κ3) is 4.41. The Morgan fingerprint density at radius 1 is 0.490 bits per heavy atom. The number of benzene rings is 7. The Labute approximate surface area is 291 Å². The summed E-state index contributed by atoms with van der Waals surface area (Å²) in [5.74, 6) is 1.01. The average Bonchev–Trinajstić information content (AvgIpc) is 3.89. The van der Waals surface area contributed by atoms with Crippen LogP contribution in [-0.2, 0) is 0 Å². The molecule has 0 bridgehead atoms. The number of fused-ring (bicyclic) bond motifs is 9. The molecule has 0 saturated carbocycles. The van der Waals surface area contributed by atoms with Gasteiger partial charge in [-0.2, -0.15) is 10.3 Å². The van der Waals surface area contributed by atoms with Crippen LogP contribution in [0.25, 0.3) is 76.9 Å². The monoisotopic (exact) mass is 661 g/mol. The molecule has 4 heterocycles. The molecule has 0 fully saturated rings. The lowest BCUT2D eigenvalue weighted by Gasteiger charge is -2.24. The summed E-state index contributed by atoms with van der Waals surface area (Å²) in [5, 5.41) is 12.8. The number of hydrogen-bond acceptors (Lipinski definition) is 4. The molecule has 1 aliphatic heterocycles. The number of para-hydroxylation sites is 4. The predicted octanol–water partition coefficient (Wildman–Crippen LogP) is 8.44. The summed E-state index contributed by atoms with van der Waals surface area (Å²) in [5.41, 5.74) is 10.6. The average molecular weight is 662 g/mol. The van der Waals surface area contributed by atoms with Gasteiger partial charge in [0, 0.05) is 49.0 Å². The van der Waals surface area contributed by atoms with Crippen LogP contribution < -0.4 is 15.6 Å². The maximum Gasteiger partial charge on any atom is 0.373 e. The molecule has 0 radical (unpaired) electrons. The highest BCUT2D eigenvalue weighted by Crippen LogP contribution is 2.39. The third-order valence-corrected chi connectivity index (χ3v) is 10.4. The van der Waals surface area contributed by atoms with Crippen LogP contribution in [-0.4, -0.2) is 5.84 Å². The molecule has 10 aromatic rings. The molecule has 6 heteroatoms. The summed E-state index contributed by atoms with van der Waals surface area (Å²) in [7, 11) is 0. The van der Waals surface area contributed by atoms with E-state index in [2.05, 4.69) is 137 Å². The molecule has 2 atom stereocenters. The first-order valence-corrected chi connectivity index (χ1v) is 17.3. The van der Waals surface area contributed by atoms with Gasteiger partial charge in [-0.05, 0) is 48.0 Å². The van der Waals surface area contributed by atoms with Gasteiger partial charge in [0.15, 0.2) is 11.7 Å². The Morgan fingerprint density at radius 2 is 1.12 bits per heavy atom. The Balaban J connectivity index is 1.09. The number of quaternary nitrogens is 1. The lowest BCUT2D eigenvalue weighted by molar-refractivity contribution is -0.701. The number of furan rings is 3. The van der Waals surface area contributed by atoms with Crippen molar-refractivity contribution in [3.63, 3.8) is 0 Å². The minimum atomic E-state index is -0.203. The molecule has 0 aliphatic carbocycles. The van der Waals surface area contributed by atoms with Crippen LogP contribution >= 0.6 is 0 Å². The highest BCUT2D eigenvalue weighted by atomic mass is 16.3. The van der Waals surface area contributed by atoms with E-state index < -0.39 is 0 Å². The van der Waals surface area contributed by atoms with E-state index in [1.807, 2.05) is 30.3 Å². The van der Waals surface area contributed by atoms with Crippen LogP contribution in [0.4, 0.5) is 0 Å². The molecule has 51 heavy (non-hydrogen) atoms. The van der Waals surface area contributed by atoms with E-state index in [1.165, 1.54) is 5.56 Å². The number of nitrogen functional groups attached to an aromatic ring is 1. The summed E-state index contributed by atoms with van der Waals surface area (Å²) in [6.07, 6.45) is -0.253. The fourth-order valence-electron chi connectivity index (χ4n) is 8.02. The van der Waals surface area contributed by atoms with Gasteiger partial charge in [-0.3, -0.25) is 0 Å². The molecule has 0 amide bonds. The van der Waals surface area contributed by atoms with Gasteiger partial charge in [0.05, 0.1) is 0 Å². The molecule has 242 valence electrons. The van der Waals surface area contributed by atoms with Crippen LogP contribution in [0.1, 0.15) is 29.0 Å². The van der Waals surface area contributed by atoms with Gasteiger partial charge in [0.1, 0.15) is 33.5 Å². The topological polar surface area (TPSA) is 82.0 Å². The molecular weight excluding hydrogens is 631 g/mol. The normalized spacial score (nSPS) is 16.6. The van der Waals surface area contributed by atoms with Crippen molar-refractivity contribution in [2.45, 2.75) is 12.3 Å². The van der Waals surface area contributed by atoms with E-state index in [0.717, 1.165) is 93.9 Å². The highest BCUT2D eigenvalue weighted by molar-refractivity contribution is 6.15. The minimum absolute atomic E-state index is 0.0494. The third-order valence-electron chi connectivity index (χ3n) is 10.4. The lowest BCUT2D eigenvalue weighted by Crippen LogP contribution is -3.07. The fourth-order valence-corrected chi connectivity index (χ4v) is 8.02. The molecular formula is C45H31N3O3+2. The summed E-state index contributed by atoms with van der Waals surface area (Å²) in [4.78, 5) is 3.88. The van der Waals surface area contributed by atoms with Crippen molar-refractivity contribution in [3.8, 4) is 11.1 Å². The van der Waals surface area contributed by atoms with Crippen LogP contribution in [0.15, 0.2) is 165 Å². The molecule has 7 aromatic carbocycles. The van der Waals surface area contributed by atoms with E-state index in [0.29, 0.717) is 0 Å². The SMILES string of the molecule is c1ccc(C2NC(c3cccc4oc5ccccc5c34)[NH+]=C(c3cccc4c3oc3c(-c5ccc6c(c5)oc5ccccc56)cccc34)[NH2+]2)cc1. The molecule has 6 nitrogen and oxygen atoms in total. The van der Waals surface area contributed by atoms with Crippen molar-refractivity contribution < 1.29 is 23.6 Å². The first-order valence-electron chi connectivity index (χ1n) is 17.3. The van der Waals surface area contributed by atoms with Crippen molar-refractivity contribution in [2.75, 3.05) is 0 Å². The van der Waals surface area contributed by atoms with Crippen molar-refractivity contribution in [1.82, 2.24) is 5.32 Å². The predicted molar refractivity (Wildman–Crippen MR) is 202 cm³/mol. The summed E-state index contributed by atoms with van der Waals surface area (Å²) >= 11 is 0. The Kier molecular flexibility index (Phi) is 6.13. The number of nitrogens with two attached hydrogens (primary N) is 1.